The first-order valence-corrected chi connectivity index (χ1v) is 8.95. The molecule has 3 rings (SSSR count). The topological polar surface area (TPSA) is 61.8 Å². The molecule has 2 heterocycles. The first-order chi connectivity index (χ1) is 11.9. The molecule has 0 atom stereocenters. The van der Waals surface area contributed by atoms with Crippen LogP contribution in [0.2, 0.25) is 5.02 Å². The van der Waals surface area contributed by atoms with E-state index in [0.29, 0.717) is 26.9 Å². The molecule has 0 aliphatic carbocycles. The molecular weight excluding hydrogens is 367 g/mol. The predicted octanol–water partition coefficient (Wildman–Crippen LogP) is 2.54. The number of imidazole rings is 1. The van der Waals surface area contributed by atoms with Crippen LogP contribution in [0, 0.1) is 5.82 Å². The second-order valence-corrected chi connectivity index (χ2v) is 6.86. The highest BCUT2D eigenvalue weighted by Gasteiger charge is 2.18. The van der Waals surface area contributed by atoms with Crippen LogP contribution in [0.4, 0.5) is 4.39 Å². The van der Waals surface area contributed by atoms with E-state index in [9.17, 15) is 14.0 Å². The maximum absolute atomic E-state index is 13.9. The van der Waals surface area contributed by atoms with Crippen LogP contribution in [-0.4, -0.2) is 18.7 Å². The normalized spacial score (nSPS) is 11.4. The lowest BCUT2D eigenvalue weighted by Gasteiger charge is -2.06. The molecule has 6 nitrogen and oxygen atoms in total. The van der Waals surface area contributed by atoms with E-state index in [-0.39, 0.29) is 23.7 Å². The van der Waals surface area contributed by atoms with Crippen LogP contribution in [0.1, 0.15) is 12.5 Å². The molecule has 0 radical (unpaired) electrons. The molecule has 0 saturated heterocycles. The molecule has 1 aromatic carbocycles. The van der Waals surface area contributed by atoms with Crippen molar-refractivity contribution in [3.63, 3.8) is 0 Å². The summed E-state index contributed by atoms with van der Waals surface area (Å²) in [6, 6.07) is 4.52. The summed E-state index contributed by atoms with van der Waals surface area (Å²) in [4.78, 5) is 29.2. The quantitative estimate of drug-likeness (QED) is 0.650. The number of fused-ring (bicyclic) bond motifs is 1. The molecule has 132 valence electrons. The van der Waals surface area contributed by atoms with Gasteiger partial charge in [-0.15, -0.1) is 0 Å². The SMILES string of the molecule is CCn1c(=O)c2c(nc(SCc3c(F)cccc3Cl)n2C)n(C)c1=O. The molecule has 0 saturated carbocycles. The Hall–Kier alpha value is -2.06. The average molecular weight is 383 g/mol. The Morgan fingerprint density at radius 3 is 2.60 bits per heavy atom. The lowest BCUT2D eigenvalue weighted by Crippen LogP contribution is -2.39. The molecule has 0 fully saturated rings. The second-order valence-electron chi connectivity index (χ2n) is 5.51. The number of hydrogen-bond donors (Lipinski definition) is 0. The third-order valence-corrected chi connectivity index (χ3v) is 5.45. The van der Waals surface area contributed by atoms with Gasteiger partial charge >= 0.3 is 5.69 Å². The maximum atomic E-state index is 13.9. The van der Waals surface area contributed by atoms with Crippen molar-refractivity contribution in [1.29, 1.82) is 0 Å². The third kappa shape index (κ3) is 2.89. The summed E-state index contributed by atoms with van der Waals surface area (Å²) in [6.07, 6.45) is 0. The Balaban J connectivity index is 2.09. The van der Waals surface area contributed by atoms with Gasteiger partial charge in [-0.3, -0.25) is 13.9 Å². The number of hydrogen-bond acceptors (Lipinski definition) is 4. The molecule has 0 unspecified atom stereocenters. The van der Waals surface area contributed by atoms with Gasteiger partial charge in [0.15, 0.2) is 16.3 Å². The fourth-order valence-electron chi connectivity index (χ4n) is 2.64. The highest BCUT2D eigenvalue weighted by Crippen LogP contribution is 2.28. The summed E-state index contributed by atoms with van der Waals surface area (Å²) in [7, 11) is 3.28. The summed E-state index contributed by atoms with van der Waals surface area (Å²) in [6.45, 7) is 2.01. The Labute approximate surface area is 151 Å². The monoisotopic (exact) mass is 382 g/mol. The number of thioether (sulfide) groups is 1. The van der Waals surface area contributed by atoms with E-state index in [1.807, 2.05) is 0 Å². The van der Waals surface area contributed by atoms with E-state index in [1.54, 1.807) is 37.7 Å². The van der Waals surface area contributed by atoms with E-state index in [4.69, 9.17) is 11.6 Å². The van der Waals surface area contributed by atoms with Crippen molar-refractivity contribution in [3.8, 4) is 0 Å². The van der Waals surface area contributed by atoms with Crippen molar-refractivity contribution in [1.82, 2.24) is 18.7 Å². The standard InChI is InChI=1S/C16H16ClFN4O2S/c1-4-22-14(23)12-13(21(3)16(22)24)19-15(20(12)2)25-8-9-10(17)6-5-7-11(9)18/h5-7H,4,8H2,1-3H3. The smallest absolute Gasteiger partial charge is 0.316 e. The lowest BCUT2D eigenvalue weighted by atomic mass is 10.2. The van der Waals surface area contributed by atoms with Crippen molar-refractivity contribution in [2.75, 3.05) is 0 Å². The summed E-state index contributed by atoms with van der Waals surface area (Å²) in [5.74, 6) is -0.127. The molecule has 0 aliphatic heterocycles. The highest BCUT2D eigenvalue weighted by molar-refractivity contribution is 7.98. The van der Waals surface area contributed by atoms with Crippen LogP contribution in [-0.2, 0) is 26.4 Å². The largest absolute Gasteiger partial charge is 0.332 e. The van der Waals surface area contributed by atoms with Gasteiger partial charge < -0.3 is 4.57 Å². The van der Waals surface area contributed by atoms with Gasteiger partial charge in [0.25, 0.3) is 5.56 Å². The van der Waals surface area contributed by atoms with Crippen LogP contribution < -0.4 is 11.2 Å². The predicted molar refractivity (Wildman–Crippen MR) is 96.9 cm³/mol. The molecule has 3 aromatic rings. The minimum Gasteiger partial charge on any atom is -0.316 e. The Morgan fingerprint density at radius 1 is 1.24 bits per heavy atom. The zero-order chi connectivity index (χ0) is 18.3. The molecule has 0 spiro atoms. The Morgan fingerprint density at radius 2 is 1.96 bits per heavy atom. The van der Waals surface area contributed by atoms with Crippen molar-refractivity contribution in [2.24, 2.45) is 14.1 Å². The van der Waals surface area contributed by atoms with Crippen molar-refractivity contribution < 1.29 is 4.39 Å². The molecule has 0 amide bonds. The number of aryl methyl sites for hydroxylation is 2. The summed E-state index contributed by atoms with van der Waals surface area (Å²) in [5.41, 5.74) is 0.231. The molecule has 0 aliphatic rings. The van der Waals surface area contributed by atoms with Gasteiger partial charge in [-0.25, -0.2) is 14.2 Å². The Bertz CT molecular complexity index is 1070. The first-order valence-electron chi connectivity index (χ1n) is 7.58. The number of aromatic nitrogens is 4. The first kappa shape index (κ1) is 17.8. The molecule has 0 bridgehead atoms. The minimum absolute atomic E-state index is 0.262. The zero-order valence-corrected chi connectivity index (χ0v) is 15.5. The average Bonchev–Trinajstić information content (AvgIpc) is 2.90. The van der Waals surface area contributed by atoms with Gasteiger partial charge in [-0.05, 0) is 19.1 Å². The molecule has 2 aromatic heterocycles. The second kappa shape index (κ2) is 6.68. The van der Waals surface area contributed by atoms with Gasteiger partial charge in [0.1, 0.15) is 5.82 Å². The van der Waals surface area contributed by atoms with Crippen molar-refractivity contribution in [3.05, 3.63) is 55.4 Å². The van der Waals surface area contributed by atoms with Gasteiger partial charge in [0, 0.05) is 37.0 Å². The third-order valence-electron chi connectivity index (χ3n) is 4.04. The van der Waals surface area contributed by atoms with E-state index in [1.165, 1.54) is 22.4 Å². The van der Waals surface area contributed by atoms with Crippen molar-refractivity contribution >= 4 is 34.5 Å². The number of nitrogens with zero attached hydrogens (tertiary/aromatic N) is 4. The van der Waals surface area contributed by atoms with Crippen LogP contribution in [0.3, 0.4) is 0 Å². The molecular formula is C16H16ClFN4O2S. The fraction of sp³-hybridized carbons (Fsp3) is 0.312. The van der Waals surface area contributed by atoms with Gasteiger partial charge in [0.05, 0.1) is 0 Å². The fourth-order valence-corrected chi connectivity index (χ4v) is 3.95. The Kier molecular flexibility index (Phi) is 4.75. The summed E-state index contributed by atoms with van der Waals surface area (Å²) in [5, 5.41) is 0.849. The van der Waals surface area contributed by atoms with E-state index in [0.717, 1.165) is 4.57 Å². The summed E-state index contributed by atoms with van der Waals surface area (Å²) >= 11 is 7.30. The highest BCUT2D eigenvalue weighted by atomic mass is 35.5. The van der Waals surface area contributed by atoms with Crippen LogP contribution in [0.15, 0.2) is 32.9 Å². The van der Waals surface area contributed by atoms with Gasteiger partial charge in [0.2, 0.25) is 0 Å². The molecule has 9 heteroatoms. The summed E-state index contributed by atoms with van der Waals surface area (Å²) < 4.78 is 18.0. The number of rotatable bonds is 4. The van der Waals surface area contributed by atoms with Crippen LogP contribution in [0.25, 0.3) is 11.2 Å². The van der Waals surface area contributed by atoms with E-state index in [2.05, 4.69) is 4.98 Å². The van der Waals surface area contributed by atoms with Crippen LogP contribution in [0.5, 0.6) is 0 Å². The van der Waals surface area contributed by atoms with Crippen molar-refractivity contribution in [2.45, 2.75) is 24.4 Å². The van der Waals surface area contributed by atoms with E-state index < -0.39 is 5.69 Å². The van der Waals surface area contributed by atoms with Gasteiger partial charge in [-0.1, -0.05) is 29.4 Å². The number of benzene rings is 1. The number of halogens is 2. The lowest BCUT2D eigenvalue weighted by molar-refractivity contribution is 0.617. The zero-order valence-electron chi connectivity index (χ0n) is 13.9. The van der Waals surface area contributed by atoms with Crippen LogP contribution >= 0.6 is 23.4 Å². The molecule has 25 heavy (non-hydrogen) atoms. The minimum atomic E-state index is -0.410. The maximum Gasteiger partial charge on any atom is 0.332 e. The van der Waals surface area contributed by atoms with E-state index >= 15 is 0 Å². The molecule has 0 N–H and O–H groups in total. The van der Waals surface area contributed by atoms with Gasteiger partial charge in [-0.2, -0.15) is 0 Å².